The van der Waals surface area contributed by atoms with E-state index in [0.29, 0.717) is 6.42 Å². The maximum Gasteiger partial charge on any atom is 0.274 e. The standard InChI is InChI=1S/C23H26N2O3S/c1-15-5-4-6-20-22(15)24-23(29-20)28-18-9-11-25(12-10-18)21(26)14-17-7-8-19(27-3)16(2)13-17/h4-8,13,18H,9-12,14H2,1-3H3. The molecule has 1 aromatic heterocycles. The number of hydrogen-bond acceptors (Lipinski definition) is 5. The van der Waals surface area contributed by atoms with Gasteiger partial charge in [-0.3, -0.25) is 4.79 Å². The molecule has 29 heavy (non-hydrogen) atoms. The largest absolute Gasteiger partial charge is 0.496 e. The highest BCUT2D eigenvalue weighted by Crippen LogP contribution is 2.31. The molecule has 1 saturated heterocycles. The summed E-state index contributed by atoms with van der Waals surface area (Å²) in [6.07, 6.45) is 2.21. The molecule has 0 bridgehead atoms. The van der Waals surface area contributed by atoms with Crippen molar-refractivity contribution in [3.05, 3.63) is 53.1 Å². The number of piperidine rings is 1. The van der Waals surface area contributed by atoms with Crippen LogP contribution >= 0.6 is 11.3 Å². The average Bonchev–Trinajstić information content (AvgIpc) is 3.12. The summed E-state index contributed by atoms with van der Waals surface area (Å²) in [6.45, 7) is 5.52. The van der Waals surface area contributed by atoms with Crippen LogP contribution < -0.4 is 9.47 Å². The molecule has 0 atom stereocenters. The number of nitrogens with zero attached hydrogens (tertiary/aromatic N) is 2. The first kappa shape index (κ1) is 19.7. The number of methoxy groups -OCH3 is 1. The highest BCUT2D eigenvalue weighted by molar-refractivity contribution is 7.20. The predicted molar refractivity (Wildman–Crippen MR) is 116 cm³/mol. The summed E-state index contributed by atoms with van der Waals surface area (Å²) >= 11 is 1.59. The minimum Gasteiger partial charge on any atom is -0.496 e. The quantitative estimate of drug-likeness (QED) is 0.620. The van der Waals surface area contributed by atoms with E-state index in [1.165, 1.54) is 5.56 Å². The molecule has 1 amide bonds. The lowest BCUT2D eigenvalue weighted by molar-refractivity contribution is -0.132. The molecule has 2 heterocycles. The Morgan fingerprint density at radius 2 is 1.97 bits per heavy atom. The summed E-state index contributed by atoms with van der Waals surface area (Å²) in [5.74, 6) is 1.02. The summed E-state index contributed by atoms with van der Waals surface area (Å²) in [6, 6.07) is 12.1. The molecule has 5 nitrogen and oxygen atoms in total. The average molecular weight is 411 g/mol. The van der Waals surface area contributed by atoms with Gasteiger partial charge in [-0.2, -0.15) is 0 Å². The molecule has 0 saturated carbocycles. The SMILES string of the molecule is COc1ccc(CC(=O)N2CCC(Oc3nc4c(C)cccc4s3)CC2)cc1C. The number of ether oxygens (including phenoxy) is 2. The van der Waals surface area contributed by atoms with Gasteiger partial charge >= 0.3 is 0 Å². The topological polar surface area (TPSA) is 51.7 Å². The molecular formula is C23H26N2O3S. The van der Waals surface area contributed by atoms with E-state index < -0.39 is 0 Å². The third-order valence-corrected chi connectivity index (χ3v) is 6.39. The van der Waals surface area contributed by atoms with Crippen LogP contribution in [0.3, 0.4) is 0 Å². The number of thiazole rings is 1. The van der Waals surface area contributed by atoms with Gasteiger partial charge in [-0.15, -0.1) is 0 Å². The molecule has 3 aromatic rings. The van der Waals surface area contributed by atoms with E-state index >= 15 is 0 Å². The Morgan fingerprint density at radius 3 is 2.66 bits per heavy atom. The zero-order valence-corrected chi connectivity index (χ0v) is 17.9. The van der Waals surface area contributed by atoms with E-state index in [4.69, 9.17) is 9.47 Å². The molecule has 4 rings (SSSR count). The Labute approximate surface area is 175 Å². The molecule has 0 aliphatic carbocycles. The van der Waals surface area contributed by atoms with Crippen LogP contribution in [0.1, 0.15) is 29.5 Å². The molecule has 0 unspecified atom stereocenters. The minimum absolute atomic E-state index is 0.114. The van der Waals surface area contributed by atoms with Crippen molar-refractivity contribution in [3.63, 3.8) is 0 Å². The zero-order valence-electron chi connectivity index (χ0n) is 17.1. The molecule has 6 heteroatoms. The van der Waals surface area contributed by atoms with Crippen LogP contribution in [0.5, 0.6) is 10.9 Å². The summed E-state index contributed by atoms with van der Waals surface area (Å²) in [4.78, 5) is 19.3. The second kappa shape index (κ2) is 8.41. The lowest BCUT2D eigenvalue weighted by Crippen LogP contribution is -2.42. The Kier molecular flexibility index (Phi) is 5.72. The Balaban J connectivity index is 1.32. The molecule has 1 aliphatic rings. The fourth-order valence-corrected chi connectivity index (χ4v) is 4.78. The smallest absolute Gasteiger partial charge is 0.274 e. The Bertz CT molecular complexity index is 1020. The molecule has 2 aromatic carbocycles. The number of carbonyl (C=O) groups excluding carboxylic acids is 1. The van der Waals surface area contributed by atoms with E-state index in [-0.39, 0.29) is 12.0 Å². The first-order chi connectivity index (χ1) is 14.0. The highest BCUT2D eigenvalue weighted by Gasteiger charge is 2.25. The molecule has 152 valence electrons. The predicted octanol–water partition coefficient (Wildman–Crippen LogP) is 4.53. The normalized spacial score (nSPS) is 14.9. The first-order valence-corrected chi connectivity index (χ1v) is 10.8. The van der Waals surface area contributed by atoms with Crippen molar-refractivity contribution < 1.29 is 14.3 Å². The second-order valence-corrected chi connectivity index (χ2v) is 8.57. The monoisotopic (exact) mass is 410 g/mol. The first-order valence-electron chi connectivity index (χ1n) is 9.97. The maximum absolute atomic E-state index is 12.7. The van der Waals surface area contributed by atoms with Crippen molar-refractivity contribution in [2.75, 3.05) is 20.2 Å². The van der Waals surface area contributed by atoms with Crippen LogP contribution in [-0.2, 0) is 11.2 Å². The fourth-order valence-electron chi connectivity index (χ4n) is 3.82. The number of aromatic nitrogens is 1. The summed E-state index contributed by atoms with van der Waals surface area (Å²) in [7, 11) is 1.66. The number of para-hydroxylation sites is 1. The van der Waals surface area contributed by atoms with Crippen LogP contribution in [0, 0.1) is 13.8 Å². The van der Waals surface area contributed by atoms with Crippen LogP contribution in [0.4, 0.5) is 0 Å². The zero-order chi connectivity index (χ0) is 20.4. The van der Waals surface area contributed by atoms with Gasteiger partial charge in [0.05, 0.1) is 23.7 Å². The lowest BCUT2D eigenvalue weighted by atomic mass is 10.0. The fraction of sp³-hybridized carbons (Fsp3) is 0.391. The van der Waals surface area contributed by atoms with Crippen molar-refractivity contribution in [2.45, 2.75) is 39.2 Å². The van der Waals surface area contributed by atoms with Crippen molar-refractivity contribution in [3.8, 4) is 10.9 Å². The van der Waals surface area contributed by atoms with E-state index in [1.54, 1.807) is 18.4 Å². The molecule has 1 aliphatic heterocycles. The number of hydrogen-bond donors (Lipinski definition) is 0. The van der Waals surface area contributed by atoms with E-state index in [1.807, 2.05) is 36.1 Å². The molecule has 0 N–H and O–H groups in total. The van der Waals surface area contributed by atoms with Crippen LogP contribution in [-0.4, -0.2) is 42.1 Å². The van der Waals surface area contributed by atoms with Gasteiger partial charge in [-0.25, -0.2) is 4.98 Å². The van der Waals surface area contributed by atoms with Gasteiger partial charge in [0.1, 0.15) is 11.9 Å². The minimum atomic E-state index is 0.114. The molecule has 1 fully saturated rings. The number of rotatable bonds is 5. The van der Waals surface area contributed by atoms with Crippen molar-refractivity contribution in [1.82, 2.24) is 9.88 Å². The number of aryl methyl sites for hydroxylation is 2. The van der Waals surface area contributed by atoms with Gasteiger partial charge in [-0.05, 0) is 42.7 Å². The summed E-state index contributed by atoms with van der Waals surface area (Å²) in [5.41, 5.74) is 4.27. The maximum atomic E-state index is 12.7. The number of fused-ring (bicyclic) bond motifs is 1. The third-order valence-electron chi connectivity index (χ3n) is 5.48. The van der Waals surface area contributed by atoms with E-state index in [2.05, 4.69) is 24.0 Å². The molecule has 0 spiro atoms. The summed E-state index contributed by atoms with van der Waals surface area (Å²) in [5, 5.41) is 0.729. The van der Waals surface area contributed by atoms with Crippen molar-refractivity contribution in [1.29, 1.82) is 0 Å². The van der Waals surface area contributed by atoms with Gasteiger partial charge in [0.15, 0.2) is 0 Å². The third kappa shape index (κ3) is 4.37. The van der Waals surface area contributed by atoms with Gasteiger partial charge in [0, 0.05) is 25.9 Å². The van der Waals surface area contributed by atoms with Crippen LogP contribution in [0.15, 0.2) is 36.4 Å². The van der Waals surface area contributed by atoms with E-state index in [9.17, 15) is 4.79 Å². The molecule has 0 radical (unpaired) electrons. The van der Waals surface area contributed by atoms with Gasteiger partial charge in [0.25, 0.3) is 5.19 Å². The second-order valence-electron chi connectivity index (χ2n) is 7.58. The van der Waals surface area contributed by atoms with Crippen molar-refractivity contribution in [2.24, 2.45) is 0 Å². The lowest BCUT2D eigenvalue weighted by Gasteiger charge is -2.31. The van der Waals surface area contributed by atoms with Crippen LogP contribution in [0.2, 0.25) is 0 Å². The number of amides is 1. The van der Waals surface area contributed by atoms with Gasteiger partial charge in [0.2, 0.25) is 5.91 Å². The van der Waals surface area contributed by atoms with E-state index in [0.717, 1.165) is 58.2 Å². The van der Waals surface area contributed by atoms with Crippen LogP contribution in [0.25, 0.3) is 10.2 Å². The number of benzene rings is 2. The number of carbonyl (C=O) groups is 1. The van der Waals surface area contributed by atoms with Gasteiger partial charge in [-0.1, -0.05) is 35.6 Å². The highest BCUT2D eigenvalue weighted by atomic mass is 32.1. The molecular weight excluding hydrogens is 384 g/mol. The summed E-state index contributed by atoms with van der Waals surface area (Å²) < 4.78 is 12.6. The Hall–Kier alpha value is -2.60. The number of likely N-dealkylation sites (tertiary alicyclic amines) is 1. The van der Waals surface area contributed by atoms with Gasteiger partial charge < -0.3 is 14.4 Å². The van der Waals surface area contributed by atoms with Crippen molar-refractivity contribution >= 4 is 27.5 Å². The Morgan fingerprint density at radius 1 is 1.17 bits per heavy atom.